The van der Waals surface area contributed by atoms with Crippen molar-refractivity contribution < 1.29 is 18.0 Å². The molecule has 1 atom stereocenters. The number of aromatic nitrogens is 4. The molecule has 1 amide bonds. The molecule has 3 heterocycles. The summed E-state index contributed by atoms with van der Waals surface area (Å²) in [4.78, 5) is 19.0. The molecule has 0 spiro atoms. The summed E-state index contributed by atoms with van der Waals surface area (Å²) in [7, 11) is 1.80. The Hall–Kier alpha value is -3.10. The maximum Gasteiger partial charge on any atom is 0.433 e. The molecule has 0 aliphatic heterocycles. The lowest BCUT2D eigenvalue weighted by atomic mass is 10.0. The predicted molar refractivity (Wildman–Crippen MR) is 96.7 cm³/mol. The minimum atomic E-state index is -4.46. The largest absolute Gasteiger partial charge is 0.433 e. The van der Waals surface area contributed by atoms with Crippen molar-refractivity contribution in [3.63, 3.8) is 0 Å². The second kappa shape index (κ2) is 7.49. The first-order chi connectivity index (χ1) is 13.1. The molecule has 0 aliphatic carbocycles. The van der Waals surface area contributed by atoms with E-state index in [9.17, 15) is 18.0 Å². The fraction of sp³-hybridized carbons (Fsp3) is 0.316. The number of amides is 1. The maximum absolute atomic E-state index is 12.6. The van der Waals surface area contributed by atoms with Crippen LogP contribution in [0.3, 0.4) is 0 Å². The van der Waals surface area contributed by atoms with Gasteiger partial charge in [-0.15, -0.1) is 0 Å². The van der Waals surface area contributed by atoms with E-state index in [1.165, 1.54) is 12.3 Å². The van der Waals surface area contributed by atoms with Gasteiger partial charge in [0.05, 0.1) is 12.2 Å². The molecule has 9 heteroatoms. The highest BCUT2D eigenvalue weighted by Gasteiger charge is 2.32. The van der Waals surface area contributed by atoms with E-state index in [0.717, 1.165) is 22.8 Å². The second-order valence-corrected chi connectivity index (χ2v) is 6.68. The van der Waals surface area contributed by atoms with Crippen molar-refractivity contribution in [1.82, 2.24) is 25.1 Å². The summed E-state index contributed by atoms with van der Waals surface area (Å²) in [6.45, 7) is 3.66. The number of nitrogens with one attached hydrogen (secondary N) is 2. The minimum absolute atomic E-state index is 0.216. The Bertz CT molecular complexity index is 972. The van der Waals surface area contributed by atoms with Gasteiger partial charge in [0.25, 0.3) is 5.91 Å². The number of carbonyl (C=O) groups is 1. The molecule has 0 aromatic carbocycles. The Morgan fingerprint density at radius 2 is 2.07 bits per heavy atom. The quantitative estimate of drug-likeness (QED) is 0.698. The van der Waals surface area contributed by atoms with Crippen LogP contribution in [0, 0.1) is 6.92 Å². The first-order valence-corrected chi connectivity index (χ1v) is 8.63. The molecule has 0 radical (unpaired) electrons. The van der Waals surface area contributed by atoms with E-state index >= 15 is 0 Å². The Balaban J connectivity index is 1.70. The molecular weight excluding hydrogens is 371 g/mol. The fourth-order valence-electron chi connectivity index (χ4n) is 2.89. The van der Waals surface area contributed by atoms with Crippen molar-refractivity contribution in [3.8, 4) is 0 Å². The summed E-state index contributed by atoms with van der Waals surface area (Å²) < 4.78 is 39.5. The lowest BCUT2D eigenvalue weighted by Crippen LogP contribution is -2.27. The predicted octanol–water partition coefficient (Wildman–Crippen LogP) is 3.55. The third-order valence-corrected chi connectivity index (χ3v) is 4.56. The number of aromatic amines is 1. The van der Waals surface area contributed by atoms with Gasteiger partial charge in [-0.3, -0.25) is 14.5 Å². The molecule has 3 aromatic heterocycles. The third-order valence-electron chi connectivity index (χ3n) is 4.56. The molecule has 3 aromatic rings. The fourth-order valence-corrected chi connectivity index (χ4v) is 2.89. The van der Waals surface area contributed by atoms with Crippen molar-refractivity contribution in [3.05, 3.63) is 70.6 Å². The summed E-state index contributed by atoms with van der Waals surface area (Å²) in [6.07, 6.45) is 2.33. The van der Waals surface area contributed by atoms with Crippen molar-refractivity contribution in [2.75, 3.05) is 0 Å². The maximum atomic E-state index is 12.6. The summed E-state index contributed by atoms with van der Waals surface area (Å²) >= 11 is 0. The van der Waals surface area contributed by atoms with E-state index in [1.54, 1.807) is 31.0 Å². The smallest absolute Gasteiger partial charge is 0.357 e. The van der Waals surface area contributed by atoms with Crippen LogP contribution in [0.5, 0.6) is 0 Å². The minimum Gasteiger partial charge on any atom is -0.357 e. The van der Waals surface area contributed by atoms with Gasteiger partial charge in [0.2, 0.25) is 0 Å². The number of hydrogen-bond acceptors (Lipinski definition) is 3. The van der Waals surface area contributed by atoms with Gasteiger partial charge in [-0.25, -0.2) is 0 Å². The number of nitrogens with zero attached hydrogens (tertiary/aromatic N) is 3. The van der Waals surface area contributed by atoms with E-state index < -0.39 is 11.9 Å². The highest BCUT2D eigenvalue weighted by molar-refractivity contribution is 5.94. The molecule has 2 N–H and O–H groups in total. The van der Waals surface area contributed by atoms with Crippen LogP contribution in [0.4, 0.5) is 13.2 Å². The standard InChI is InChI=1S/C19H20F3N5O/c1-11-14(6-13-4-5-16(23-7-13)19(20,21)22)8-24-17(11)18(28)26-12(2)15-9-25-27(3)10-15/h4-5,7-10,12,24H,6H2,1-3H3,(H,26,28). The second-order valence-electron chi connectivity index (χ2n) is 6.68. The van der Waals surface area contributed by atoms with Gasteiger partial charge < -0.3 is 10.3 Å². The monoisotopic (exact) mass is 391 g/mol. The van der Waals surface area contributed by atoms with Crippen LogP contribution in [0.15, 0.2) is 36.9 Å². The van der Waals surface area contributed by atoms with Crippen molar-refractivity contribution in [1.29, 1.82) is 0 Å². The average molecular weight is 391 g/mol. The molecule has 148 valence electrons. The normalized spacial score (nSPS) is 12.8. The topological polar surface area (TPSA) is 75.6 Å². The zero-order chi connectivity index (χ0) is 20.5. The van der Waals surface area contributed by atoms with Crippen LogP contribution in [0.2, 0.25) is 0 Å². The lowest BCUT2D eigenvalue weighted by Gasteiger charge is -2.12. The first kappa shape index (κ1) is 19.7. The number of halogens is 3. The van der Waals surface area contributed by atoms with Gasteiger partial charge in [0.1, 0.15) is 11.4 Å². The Morgan fingerprint density at radius 3 is 2.64 bits per heavy atom. The summed E-state index contributed by atoms with van der Waals surface area (Å²) in [6, 6.07) is 2.14. The van der Waals surface area contributed by atoms with Crippen LogP contribution < -0.4 is 5.32 Å². The van der Waals surface area contributed by atoms with Gasteiger partial charge in [0.15, 0.2) is 0 Å². The van der Waals surface area contributed by atoms with Crippen LogP contribution in [0.1, 0.15) is 51.4 Å². The average Bonchev–Trinajstić information content (AvgIpc) is 3.21. The molecule has 0 saturated carbocycles. The van der Waals surface area contributed by atoms with E-state index in [0.29, 0.717) is 17.7 Å². The Morgan fingerprint density at radius 1 is 1.32 bits per heavy atom. The zero-order valence-electron chi connectivity index (χ0n) is 15.6. The SMILES string of the molecule is Cc1c(Cc2ccc(C(F)(F)F)nc2)c[nH]c1C(=O)NC(C)c1cnn(C)c1. The summed E-state index contributed by atoms with van der Waals surface area (Å²) in [5, 5.41) is 7.00. The van der Waals surface area contributed by atoms with Gasteiger partial charge >= 0.3 is 6.18 Å². The van der Waals surface area contributed by atoms with E-state index in [4.69, 9.17) is 0 Å². The van der Waals surface area contributed by atoms with Crippen molar-refractivity contribution >= 4 is 5.91 Å². The Labute approximate surface area is 159 Å². The first-order valence-electron chi connectivity index (χ1n) is 8.63. The zero-order valence-corrected chi connectivity index (χ0v) is 15.6. The van der Waals surface area contributed by atoms with Crippen LogP contribution >= 0.6 is 0 Å². The van der Waals surface area contributed by atoms with E-state index in [-0.39, 0.29) is 11.9 Å². The molecule has 0 bridgehead atoms. The molecule has 0 fully saturated rings. The lowest BCUT2D eigenvalue weighted by molar-refractivity contribution is -0.141. The molecule has 3 rings (SSSR count). The highest BCUT2D eigenvalue weighted by atomic mass is 19.4. The summed E-state index contributed by atoms with van der Waals surface area (Å²) in [5.74, 6) is -0.259. The molecule has 1 unspecified atom stereocenters. The molecule has 0 aliphatic rings. The van der Waals surface area contributed by atoms with Gasteiger partial charge in [-0.2, -0.15) is 18.3 Å². The van der Waals surface area contributed by atoms with Crippen LogP contribution in [0.25, 0.3) is 0 Å². The number of rotatable bonds is 5. The molecular formula is C19H20F3N5O. The molecule has 6 nitrogen and oxygen atoms in total. The number of carbonyl (C=O) groups excluding carboxylic acids is 1. The van der Waals surface area contributed by atoms with Crippen molar-refractivity contribution in [2.24, 2.45) is 7.05 Å². The van der Waals surface area contributed by atoms with E-state index in [1.807, 2.05) is 13.1 Å². The molecule has 0 saturated heterocycles. The van der Waals surface area contributed by atoms with Crippen LogP contribution in [-0.4, -0.2) is 25.7 Å². The summed E-state index contributed by atoms with van der Waals surface area (Å²) in [5.41, 5.74) is 2.58. The number of pyridine rings is 1. The Kier molecular flexibility index (Phi) is 5.26. The third kappa shape index (κ3) is 4.24. The van der Waals surface area contributed by atoms with Gasteiger partial charge in [0, 0.05) is 37.6 Å². The number of alkyl halides is 3. The number of H-pyrrole nitrogens is 1. The highest BCUT2D eigenvalue weighted by Crippen LogP contribution is 2.27. The van der Waals surface area contributed by atoms with Gasteiger partial charge in [-0.1, -0.05) is 6.07 Å². The molecule has 28 heavy (non-hydrogen) atoms. The number of aryl methyl sites for hydroxylation is 1. The van der Waals surface area contributed by atoms with Crippen molar-refractivity contribution in [2.45, 2.75) is 32.5 Å². The van der Waals surface area contributed by atoms with Gasteiger partial charge in [-0.05, 0) is 36.6 Å². The number of hydrogen-bond donors (Lipinski definition) is 2. The van der Waals surface area contributed by atoms with E-state index in [2.05, 4.69) is 20.4 Å². The van der Waals surface area contributed by atoms with Crippen LogP contribution in [-0.2, 0) is 19.6 Å².